The number of para-hydroxylation sites is 1. The van der Waals surface area contributed by atoms with Crippen LogP contribution in [0.2, 0.25) is 0 Å². The second kappa shape index (κ2) is 8.15. The normalized spacial score (nSPS) is 17.5. The highest BCUT2D eigenvalue weighted by Gasteiger charge is 2.15. The lowest BCUT2D eigenvalue weighted by Crippen LogP contribution is -2.48. The monoisotopic (exact) mass is 263 g/mol. The summed E-state index contributed by atoms with van der Waals surface area (Å²) in [5, 5.41) is 0. The van der Waals surface area contributed by atoms with E-state index in [2.05, 4.69) is 9.80 Å². The summed E-state index contributed by atoms with van der Waals surface area (Å²) in [6, 6.07) is 10.0. The molecule has 0 amide bonds. The van der Waals surface area contributed by atoms with Crippen molar-refractivity contribution in [1.82, 2.24) is 9.80 Å². The molecule has 0 unspecified atom stereocenters. The molecular formula is C15H25N3O. The van der Waals surface area contributed by atoms with Gasteiger partial charge in [0, 0.05) is 45.8 Å². The molecule has 0 aromatic heterocycles. The molecule has 4 heteroatoms. The topological polar surface area (TPSA) is 41.7 Å². The second-order valence-electron chi connectivity index (χ2n) is 4.99. The van der Waals surface area contributed by atoms with Crippen LogP contribution < -0.4 is 10.5 Å². The number of nitrogens with zero attached hydrogens (tertiary/aromatic N) is 2. The van der Waals surface area contributed by atoms with E-state index in [1.54, 1.807) is 0 Å². The van der Waals surface area contributed by atoms with Gasteiger partial charge in [0.1, 0.15) is 5.75 Å². The highest BCUT2D eigenvalue weighted by molar-refractivity contribution is 5.20. The summed E-state index contributed by atoms with van der Waals surface area (Å²) in [5.74, 6) is 0.968. The number of ether oxygens (including phenoxy) is 1. The number of nitrogens with two attached hydrogens (primary N) is 1. The first-order chi connectivity index (χ1) is 9.38. The summed E-state index contributed by atoms with van der Waals surface area (Å²) in [5.41, 5.74) is 5.58. The molecule has 1 aromatic rings. The molecule has 0 radical (unpaired) electrons. The van der Waals surface area contributed by atoms with Crippen LogP contribution in [-0.2, 0) is 0 Å². The van der Waals surface area contributed by atoms with Gasteiger partial charge in [0.2, 0.25) is 0 Å². The van der Waals surface area contributed by atoms with Crippen LogP contribution in [0.15, 0.2) is 30.3 Å². The van der Waals surface area contributed by atoms with E-state index < -0.39 is 0 Å². The van der Waals surface area contributed by atoms with Gasteiger partial charge in [0.25, 0.3) is 0 Å². The largest absolute Gasteiger partial charge is 0.494 e. The van der Waals surface area contributed by atoms with Crippen molar-refractivity contribution < 1.29 is 4.74 Å². The van der Waals surface area contributed by atoms with Crippen LogP contribution in [0.1, 0.15) is 6.42 Å². The predicted molar refractivity (Wildman–Crippen MR) is 78.5 cm³/mol. The highest BCUT2D eigenvalue weighted by Crippen LogP contribution is 2.09. The number of benzene rings is 1. The van der Waals surface area contributed by atoms with Crippen LogP contribution in [-0.4, -0.2) is 62.2 Å². The Kier molecular flexibility index (Phi) is 6.14. The predicted octanol–water partition coefficient (Wildman–Crippen LogP) is 1.03. The molecule has 0 spiro atoms. The van der Waals surface area contributed by atoms with Crippen LogP contribution in [0, 0.1) is 0 Å². The van der Waals surface area contributed by atoms with Gasteiger partial charge in [0.15, 0.2) is 0 Å². The number of hydrogen-bond acceptors (Lipinski definition) is 4. The molecule has 0 saturated carbocycles. The van der Waals surface area contributed by atoms with Crippen molar-refractivity contribution in [2.24, 2.45) is 5.73 Å². The van der Waals surface area contributed by atoms with E-state index in [1.165, 1.54) is 0 Å². The molecule has 1 heterocycles. The first-order valence-corrected chi connectivity index (χ1v) is 7.21. The second-order valence-corrected chi connectivity index (χ2v) is 4.99. The molecule has 2 rings (SSSR count). The maximum absolute atomic E-state index is 5.70. The zero-order valence-corrected chi connectivity index (χ0v) is 11.6. The third-order valence-electron chi connectivity index (χ3n) is 3.54. The zero-order chi connectivity index (χ0) is 13.3. The number of hydrogen-bond donors (Lipinski definition) is 1. The molecule has 1 aromatic carbocycles. The van der Waals surface area contributed by atoms with Crippen LogP contribution in [0.3, 0.4) is 0 Å². The number of piperazine rings is 1. The van der Waals surface area contributed by atoms with E-state index in [9.17, 15) is 0 Å². The Balaban J connectivity index is 1.55. The minimum Gasteiger partial charge on any atom is -0.494 e. The van der Waals surface area contributed by atoms with Gasteiger partial charge in [-0.3, -0.25) is 4.90 Å². The zero-order valence-electron chi connectivity index (χ0n) is 11.6. The molecular weight excluding hydrogens is 238 g/mol. The first-order valence-electron chi connectivity index (χ1n) is 7.21. The van der Waals surface area contributed by atoms with Crippen molar-refractivity contribution >= 4 is 0 Å². The van der Waals surface area contributed by atoms with Gasteiger partial charge in [-0.2, -0.15) is 0 Å². The molecule has 0 aliphatic carbocycles. The lowest BCUT2D eigenvalue weighted by atomic mass is 10.3. The summed E-state index contributed by atoms with van der Waals surface area (Å²) in [4.78, 5) is 4.96. The minimum atomic E-state index is 0.769. The smallest absolute Gasteiger partial charge is 0.119 e. The van der Waals surface area contributed by atoms with E-state index in [0.29, 0.717) is 0 Å². The molecule has 1 aliphatic heterocycles. The van der Waals surface area contributed by atoms with E-state index in [4.69, 9.17) is 10.5 Å². The minimum absolute atomic E-state index is 0.769. The van der Waals surface area contributed by atoms with E-state index in [0.717, 1.165) is 64.6 Å². The lowest BCUT2D eigenvalue weighted by molar-refractivity contribution is 0.128. The van der Waals surface area contributed by atoms with Crippen LogP contribution in [0.25, 0.3) is 0 Å². The molecule has 1 aliphatic rings. The van der Waals surface area contributed by atoms with E-state index in [1.807, 2.05) is 30.3 Å². The summed E-state index contributed by atoms with van der Waals surface area (Å²) in [7, 11) is 0. The quantitative estimate of drug-likeness (QED) is 0.746. The van der Waals surface area contributed by atoms with E-state index in [-0.39, 0.29) is 0 Å². The van der Waals surface area contributed by atoms with Crippen LogP contribution in [0.4, 0.5) is 0 Å². The summed E-state index contributed by atoms with van der Waals surface area (Å²) < 4.78 is 5.70. The van der Waals surface area contributed by atoms with Gasteiger partial charge in [-0.25, -0.2) is 0 Å². The standard InChI is InChI=1S/C15H25N3O/c16-7-9-18-12-10-17(11-13-18)8-4-14-19-15-5-2-1-3-6-15/h1-3,5-6H,4,7-14,16H2. The van der Waals surface area contributed by atoms with Gasteiger partial charge in [0.05, 0.1) is 6.61 Å². The van der Waals surface area contributed by atoms with Gasteiger partial charge in [-0.05, 0) is 18.6 Å². The van der Waals surface area contributed by atoms with Gasteiger partial charge in [-0.1, -0.05) is 18.2 Å². The molecule has 2 N–H and O–H groups in total. The molecule has 1 fully saturated rings. The van der Waals surface area contributed by atoms with Crippen molar-refractivity contribution in [1.29, 1.82) is 0 Å². The van der Waals surface area contributed by atoms with Crippen molar-refractivity contribution in [3.05, 3.63) is 30.3 Å². The fourth-order valence-corrected chi connectivity index (χ4v) is 2.41. The maximum Gasteiger partial charge on any atom is 0.119 e. The van der Waals surface area contributed by atoms with Crippen molar-refractivity contribution in [2.75, 3.05) is 52.4 Å². The van der Waals surface area contributed by atoms with Crippen LogP contribution in [0.5, 0.6) is 5.75 Å². The lowest BCUT2D eigenvalue weighted by Gasteiger charge is -2.34. The van der Waals surface area contributed by atoms with E-state index >= 15 is 0 Å². The third kappa shape index (κ3) is 5.19. The summed E-state index contributed by atoms with van der Waals surface area (Å²) in [6.07, 6.45) is 1.09. The van der Waals surface area contributed by atoms with Crippen LogP contribution >= 0.6 is 0 Å². The fraction of sp³-hybridized carbons (Fsp3) is 0.600. The molecule has 1 saturated heterocycles. The molecule has 0 bridgehead atoms. The van der Waals surface area contributed by atoms with Crippen molar-refractivity contribution in [2.45, 2.75) is 6.42 Å². The first kappa shape index (κ1) is 14.3. The Morgan fingerprint density at radius 3 is 2.21 bits per heavy atom. The van der Waals surface area contributed by atoms with Gasteiger partial charge < -0.3 is 15.4 Å². The Morgan fingerprint density at radius 2 is 1.58 bits per heavy atom. The highest BCUT2D eigenvalue weighted by atomic mass is 16.5. The van der Waals surface area contributed by atoms with Gasteiger partial charge in [-0.15, -0.1) is 0 Å². The Hall–Kier alpha value is -1.10. The Morgan fingerprint density at radius 1 is 0.947 bits per heavy atom. The third-order valence-corrected chi connectivity index (χ3v) is 3.54. The molecule has 19 heavy (non-hydrogen) atoms. The Bertz CT molecular complexity index is 337. The number of rotatable bonds is 7. The average molecular weight is 263 g/mol. The average Bonchev–Trinajstić information content (AvgIpc) is 2.47. The molecule has 0 atom stereocenters. The molecule has 4 nitrogen and oxygen atoms in total. The van der Waals surface area contributed by atoms with Crippen molar-refractivity contribution in [3.8, 4) is 5.75 Å². The van der Waals surface area contributed by atoms with Gasteiger partial charge >= 0.3 is 0 Å². The fourth-order valence-electron chi connectivity index (χ4n) is 2.41. The van der Waals surface area contributed by atoms with Crippen molar-refractivity contribution in [3.63, 3.8) is 0 Å². The maximum atomic E-state index is 5.70. The SMILES string of the molecule is NCCN1CCN(CCCOc2ccccc2)CC1. The summed E-state index contributed by atoms with van der Waals surface area (Å²) in [6.45, 7) is 8.34. The molecule has 106 valence electrons. The summed E-state index contributed by atoms with van der Waals surface area (Å²) >= 11 is 0. The Labute approximate surface area is 116 Å².